The average Bonchev–Trinajstić information content (AvgIpc) is 3.00. The molecule has 0 fully saturated rings. The minimum atomic E-state index is 0.499. The van der Waals surface area contributed by atoms with E-state index in [1.165, 1.54) is 22.9 Å². The van der Waals surface area contributed by atoms with Crippen molar-refractivity contribution in [1.29, 1.82) is 0 Å². The molecule has 2 nitrogen and oxygen atoms in total. The lowest BCUT2D eigenvalue weighted by Crippen LogP contribution is -2.32. The van der Waals surface area contributed by atoms with E-state index < -0.39 is 0 Å². The molecule has 0 radical (unpaired) electrons. The number of nitrogens with zero attached hydrogens (tertiary/aromatic N) is 2. The Hall–Kier alpha value is -1.71. The van der Waals surface area contributed by atoms with Crippen LogP contribution in [0.2, 0.25) is 0 Å². The van der Waals surface area contributed by atoms with Crippen molar-refractivity contribution < 1.29 is 0 Å². The van der Waals surface area contributed by atoms with Gasteiger partial charge in [0.2, 0.25) is 0 Å². The Bertz CT molecular complexity index is 772. The van der Waals surface area contributed by atoms with E-state index in [1.807, 2.05) is 23.6 Å². The monoisotopic (exact) mass is 294 g/mol. The molecule has 1 aliphatic rings. The van der Waals surface area contributed by atoms with Crippen LogP contribution >= 0.6 is 11.3 Å². The van der Waals surface area contributed by atoms with Crippen molar-refractivity contribution in [3.8, 4) is 0 Å². The molecular weight excluding hydrogens is 276 g/mol. The normalized spacial score (nSPS) is 18.8. The molecule has 3 heteroatoms. The predicted octanol–water partition coefficient (Wildman–Crippen LogP) is 4.42. The maximum atomic E-state index is 4.58. The zero-order valence-corrected chi connectivity index (χ0v) is 12.9. The summed E-state index contributed by atoms with van der Waals surface area (Å²) in [5, 5.41) is 3.46. The first kappa shape index (κ1) is 13.0. The standard InChI is InChI=1S/C18H18N2S/c1-13-16-8-11-21-17(16)7-10-20(13)12-15-5-2-4-14-6-3-9-19-18(14)15/h2-6,8-9,11,13H,7,10,12H2,1H3/t13-/m1/s1. The van der Waals surface area contributed by atoms with E-state index in [1.54, 1.807) is 4.88 Å². The van der Waals surface area contributed by atoms with Gasteiger partial charge in [0.25, 0.3) is 0 Å². The van der Waals surface area contributed by atoms with E-state index >= 15 is 0 Å². The number of benzene rings is 1. The molecule has 3 aromatic rings. The fourth-order valence-electron chi connectivity index (χ4n) is 3.29. The first-order valence-electron chi connectivity index (χ1n) is 7.46. The molecule has 0 saturated heterocycles. The van der Waals surface area contributed by atoms with E-state index in [-0.39, 0.29) is 0 Å². The molecule has 106 valence electrons. The number of hydrogen-bond acceptors (Lipinski definition) is 3. The molecule has 0 aliphatic carbocycles. The van der Waals surface area contributed by atoms with Crippen LogP contribution in [0.5, 0.6) is 0 Å². The SMILES string of the molecule is C[C@@H]1c2ccsc2CCN1Cc1cccc2cccnc12. The summed E-state index contributed by atoms with van der Waals surface area (Å²) < 4.78 is 0. The summed E-state index contributed by atoms with van der Waals surface area (Å²) >= 11 is 1.90. The Labute approximate surface area is 129 Å². The second-order valence-electron chi connectivity index (χ2n) is 5.69. The summed E-state index contributed by atoms with van der Waals surface area (Å²) in [6.07, 6.45) is 3.07. The van der Waals surface area contributed by atoms with Gasteiger partial charge in [0.05, 0.1) is 5.52 Å². The molecule has 0 saturated carbocycles. The number of aromatic nitrogens is 1. The van der Waals surface area contributed by atoms with Crippen LogP contribution in [0.4, 0.5) is 0 Å². The number of thiophene rings is 1. The number of fused-ring (bicyclic) bond motifs is 2. The van der Waals surface area contributed by atoms with E-state index in [0.717, 1.165) is 18.6 Å². The van der Waals surface area contributed by atoms with Crippen LogP contribution in [0.25, 0.3) is 10.9 Å². The quantitative estimate of drug-likeness (QED) is 0.695. The maximum Gasteiger partial charge on any atom is 0.0746 e. The summed E-state index contributed by atoms with van der Waals surface area (Å²) in [6, 6.07) is 13.4. The fraction of sp³-hybridized carbons (Fsp3) is 0.278. The highest BCUT2D eigenvalue weighted by atomic mass is 32.1. The Morgan fingerprint density at radius 1 is 1.24 bits per heavy atom. The molecule has 3 heterocycles. The van der Waals surface area contributed by atoms with Gasteiger partial charge in [-0.25, -0.2) is 0 Å². The third-order valence-corrected chi connectivity index (χ3v) is 5.49. The zero-order valence-electron chi connectivity index (χ0n) is 12.1. The predicted molar refractivity (Wildman–Crippen MR) is 88.6 cm³/mol. The second-order valence-corrected chi connectivity index (χ2v) is 6.69. The summed E-state index contributed by atoms with van der Waals surface area (Å²) in [5.41, 5.74) is 3.99. The Morgan fingerprint density at radius 2 is 2.14 bits per heavy atom. The van der Waals surface area contributed by atoms with Crippen molar-refractivity contribution in [3.63, 3.8) is 0 Å². The van der Waals surface area contributed by atoms with Gasteiger partial charge >= 0.3 is 0 Å². The molecule has 0 bridgehead atoms. The molecule has 0 unspecified atom stereocenters. The Balaban J connectivity index is 1.67. The highest BCUT2D eigenvalue weighted by molar-refractivity contribution is 7.10. The molecule has 1 aromatic carbocycles. The molecule has 21 heavy (non-hydrogen) atoms. The van der Waals surface area contributed by atoms with Crippen molar-refractivity contribution in [1.82, 2.24) is 9.88 Å². The fourth-order valence-corrected chi connectivity index (χ4v) is 4.25. The average molecular weight is 294 g/mol. The number of rotatable bonds is 2. The van der Waals surface area contributed by atoms with Gasteiger partial charge in [-0.1, -0.05) is 24.3 Å². The van der Waals surface area contributed by atoms with Crippen LogP contribution in [-0.2, 0) is 13.0 Å². The largest absolute Gasteiger partial charge is 0.292 e. The lowest BCUT2D eigenvalue weighted by Gasteiger charge is -2.33. The third kappa shape index (κ3) is 2.27. The summed E-state index contributed by atoms with van der Waals surface area (Å²) in [7, 11) is 0. The highest BCUT2D eigenvalue weighted by Crippen LogP contribution is 2.34. The number of pyridine rings is 1. The highest BCUT2D eigenvalue weighted by Gasteiger charge is 2.24. The maximum absolute atomic E-state index is 4.58. The van der Waals surface area contributed by atoms with Crippen molar-refractivity contribution in [3.05, 3.63) is 64.0 Å². The van der Waals surface area contributed by atoms with Gasteiger partial charge in [0, 0.05) is 35.6 Å². The lowest BCUT2D eigenvalue weighted by atomic mass is 10.00. The smallest absolute Gasteiger partial charge is 0.0746 e. The van der Waals surface area contributed by atoms with Crippen LogP contribution in [0.15, 0.2) is 48.0 Å². The molecule has 0 spiro atoms. The summed E-state index contributed by atoms with van der Waals surface area (Å²) in [6.45, 7) is 4.44. The van der Waals surface area contributed by atoms with Crippen molar-refractivity contribution in [2.45, 2.75) is 25.9 Å². The molecule has 4 rings (SSSR count). The Morgan fingerprint density at radius 3 is 3.10 bits per heavy atom. The van der Waals surface area contributed by atoms with Crippen LogP contribution in [-0.4, -0.2) is 16.4 Å². The van der Waals surface area contributed by atoms with Gasteiger partial charge in [-0.05, 0) is 42.0 Å². The first-order valence-corrected chi connectivity index (χ1v) is 8.34. The lowest BCUT2D eigenvalue weighted by molar-refractivity contribution is 0.192. The third-order valence-electron chi connectivity index (χ3n) is 4.49. The van der Waals surface area contributed by atoms with Crippen LogP contribution in [0, 0.1) is 0 Å². The van der Waals surface area contributed by atoms with Gasteiger partial charge in [0.1, 0.15) is 0 Å². The molecular formula is C18H18N2S. The van der Waals surface area contributed by atoms with E-state index in [4.69, 9.17) is 0 Å². The molecule has 1 atom stereocenters. The van der Waals surface area contributed by atoms with Crippen molar-refractivity contribution in [2.75, 3.05) is 6.54 Å². The minimum absolute atomic E-state index is 0.499. The van der Waals surface area contributed by atoms with Crippen molar-refractivity contribution in [2.24, 2.45) is 0 Å². The van der Waals surface area contributed by atoms with Gasteiger partial charge in [0.15, 0.2) is 0 Å². The minimum Gasteiger partial charge on any atom is -0.292 e. The second kappa shape index (κ2) is 5.24. The van der Waals surface area contributed by atoms with Gasteiger partial charge in [-0.15, -0.1) is 11.3 Å². The van der Waals surface area contributed by atoms with E-state index in [9.17, 15) is 0 Å². The zero-order chi connectivity index (χ0) is 14.2. The van der Waals surface area contributed by atoms with Crippen molar-refractivity contribution >= 4 is 22.2 Å². The Kier molecular flexibility index (Phi) is 3.24. The van der Waals surface area contributed by atoms with Crippen LogP contribution in [0.1, 0.15) is 29.0 Å². The molecule has 1 aliphatic heterocycles. The van der Waals surface area contributed by atoms with E-state index in [0.29, 0.717) is 6.04 Å². The van der Waals surface area contributed by atoms with Gasteiger partial charge < -0.3 is 0 Å². The van der Waals surface area contributed by atoms with Crippen LogP contribution < -0.4 is 0 Å². The first-order chi connectivity index (χ1) is 10.3. The number of para-hydroxylation sites is 1. The molecule has 0 amide bonds. The summed E-state index contributed by atoms with van der Waals surface area (Å²) in [5.74, 6) is 0. The topological polar surface area (TPSA) is 16.1 Å². The molecule has 2 aromatic heterocycles. The number of hydrogen-bond donors (Lipinski definition) is 0. The summed E-state index contributed by atoms with van der Waals surface area (Å²) in [4.78, 5) is 8.71. The molecule has 0 N–H and O–H groups in total. The van der Waals surface area contributed by atoms with Crippen LogP contribution in [0.3, 0.4) is 0 Å². The van der Waals surface area contributed by atoms with Gasteiger partial charge in [-0.3, -0.25) is 9.88 Å². The van der Waals surface area contributed by atoms with Gasteiger partial charge in [-0.2, -0.15) is 0 Å². The van der Waals surface area contributed by atoms with E-state index in [2.05, 4.69) is 52.5 Å².